The third-order valence-electron chi connectivity index (χ3n) is 4.73. The lowest BCUT2D eigenvalue weighted by Crippen LogP contribution is -2.37. The molecule has 1 aliphatic rings. The highest BCUT2D eigenvalue weighted by atomic mass is 19.3. The van der Waals surface area contributed by atoms with Crippen LogP contribution in [0.5, 0.6) is 0 Å². The van der Waals surface area contributed by atoms with Gasteiger partial charge in [-0.15, -0.1) is 5.10 Å². The molecule has 12 heteroatoms. The lowest BCUT2D eigenvalue weighted by molar-refractivity contribution is 0.122. The Balaban J connectivity index is 1.66. The minimum absolute atomic E-state index is 0.0342. The maximum absolute atomic E-state index is 13.9. The number of hydrogen-bond donors (Lipinski definition) is 1. The zero-order valence-corrected chi connectivity index (χ0v) is 16.2. The Morgan fingerprint density at radius 1 is 1.00 bits per heavy atom. The Kier molecular flexibility index (Phi) is 5.04. The molecule has 0 aliphatic carbocycles. The summed E-state index contributed by atoms with van der Waals surface area (Å²) in [5.74, 6) is 0.951. The standard InChI is InChI=1S/C19H17F2N9O/c20-15(21)13-11-12-3-1-5-22-16(12)30(13)19-26-17(24-14-4-2-6-23-28-14)25-18(27-19)29-7-9-31-10-8-29/h1-6,11,15H,7-10H2,(H,24,25,26,27,28). The van der Waals surface area contributed by atoms with Gasteiger partial charge >= 0.3 is 0 Å². The molecule has 4 aromatic rings. The van der Waals surface area contributed by atoms with Crippen molar-refractivity contribution >= 4 is 28.7 Å². The molecule has 5 heterocycles. The van der Waals surface area contributed by atoms with E-state index in [1.165, 1.54) is 23.0 Å². The number of pyridine rings is 1. The number of hydrogen-bond acceptors (Lipinski definition) is 9. The number of rotatable bonds is 5. The van der Waals surface area contributed by atoms with E-state index in [1.54, 1.807) is 24.3 Å². The zero-order valence-electron chi connectivity index (χ0n) is 16.2. The van der Waals surface area contributed by atoms with Gasteiger partial charge in [0.15, 0.2) is 5.82 Å². The van der Waals surface area contributed by atoms with Crippen LogP contribution < -0.4 is 10.2 Å². The number of alkyl halides is 2. The van der Waals surface area contributed by atoms with E-state index in [2.05, 4.69) is 35.5 Å². The van der Waals surface area contributed by atoms with Gasteiger partial charge in [-0.05, 0) is 30.3 Å². The molecule has 1 fully saturated rings. The summed E-state index contributed by atoms with van der Waals surface area (Å²) in [5.41, 5.74) is 0.0839. The first-order valence-electron chi connectivity index (χ1n) is 9.57. The number of anilines is 3. The predicted molar refractivity (Wildman–Crippen MR) is 108 cm³/mol. The van der Waals surface area contributed by atoms with Crippen LogP contribution in [0.3, 0.4) is 0 Å². The summed E-state index contributed by atoms with van der Waals surface area (Å²) in [6.45, 7) is 2.18. The van der Waals surface area contributed by atoms with Crippen LogP contribution in [0.2, 0.25) is 0 Å². The second kappa shape index (κ2) is 8.14. The van der Waals surface area contributed by atoms with E-state index in [-0.39, 0.29) is 17.6 Å². The number of fused-ring (bicyclic) bond motifs is 1. The number of nitrogens with one attached hydrogen (secondary N) is 1. The van der Waals surface area contributed by atoms with Crippen molar-refractivity contribution in [3.63, 3.8) is 0 Å². The van der Waals surface area contributed by atoms with E-state index in [0.717, 1.165) is 0 Å². The molecule has 158 valence electrons. The summed E-state index contributed by atoms with van der Waals surface area (Å²) in [5, 5.41) is 11.3. The van der Waals surface area contributed by atoms with Crippen molar-refractivity contribution in [3.05, 3.63) is 48.4 Å². The van der Waals surface area contributed by atoms with Crippen molar-refractivity contribution in [3.8, 4) is 5.95 Å². The van der Waals surface area contributed by atoms with Crippen molar-refractivity contribution in [1.29, 1.82) is 0 Å². The molecule has 1 aliphatic heterocycles. The van der Waals surface area contributed by atoms with Gasteiger partial charge in [0.2, 0.25) is 17.8 Å². The summed E-state index contributed by atoms with van der Waals surface area (Å²) in [7, 11) is 0. The minimum atomic E-state index is -2.74. The molecule has 0 amide bonds. The molecular weight excluding hydrogens is 408 g/mol. The molecule has 1 saturated heterocycles. The summed E-state index contributed by atoms with van der Waals surface area (Å²) >= 11 is 0. The van der Waals surface area contributed by atoms with Crippen LogP contribution in [0.1, 0.15) is 12.1 Å². The largest absolute Gasteiger partial charge is 0.378 e. The van der Waals surface area contributed by atoms with Gasteiger partial charge in [-0.2, -0.15) is 20.1 Å². The SMILES string of the molecule is FC(F)c1cc2cccnc2n1-c1nc(Nc2cccnn2)nc(N2CCOCC2)n1. The summed E-state index contributed by atoms with van der Waals surface area (Å²) in [4.78, 5) is 19.5. The molecule has 4 aromatic heterocycles. The highest BCUT2D eigenvalue weighted by Crippen LogP contribution is 2.29. The van der Waals surface area contributed by atoms with Gasteiger partial charge in [0, 0.05) is 30.9 Å². The van der Waals surface area contributed by atoms with E-state index in [9.17, 15) is 8.78 Å². The molecule has 10 nitrogen and oxygen atoms in total. The average Bonchev–Trinajstić information content (AvgIpc) is 3.20. The molecule has 0 atom stereocenters. The topological polar surface area (TPSA) is 107 Å². The van der Waals surface area contributed by atoms with Gasteiger partial charge in [0.25, 0.3) is 6.43 Å². The predicted octanol–water partition coefficient (Wildman–Crippen LogP) is 2.52. The molecule has 5 rings (SSSR count). The fourth-order valence-electron chi connectivity index (χ4n) is 3.32. The Morgan fingerprint density at radius 2 is 1.81 bits per heavy atom. The van der Waals surface area contributed by atoms with Crippen LogP contribution >= 0.6 is 0 Å². The van der Waals surface area contributed by atoms with E-state index in [1.807, 2.05) is 4.90 Å². The number of aromatic nitrogens is 7. The van der Waals surface area contributed by atoms with Crippen molar-refractivity contribution in [2.75, 3.05) is 36.5 Å². The van der Waals surface area contributed by atoms with Crippen LogP contribution in [0.4, 0.5) is 26.5 Å². The smallest absolute Gasteiger partial charge is 0.278 e. The highest BCUT2D eigenvalue weighted by Gasteiger charge is 2.23. The second-order valence-electron chi connectivity index (χ2n) is 6.71. The van der Waals surface area contributed by atoms with Crippen molar-refractivity contribution in [1.82, 2.24) is 34.7 Å². The molecule has 0 radical (unpaired) electrons. The highest BCUT2D eigenvalue weighted by molar-refractivity contribution is 5.79. The number of halogens is 2. The van der Waals surface area contributed by atoms with E-state index < -0.39 is 6.43 Å². The molecule has 0 saturated carbocycles. The Bertz CT molecular complexity index is 1200. The number of morpholine rings is 1. The Labute approximate surface area is 175 Å². The van der Waals surface area contributed by atoms with Crippen LogP contribution in [0.25, 0.3) is 17.0 Å². The van der Waals surface area contributed by atoms with Crippen LogP contribution in [0, 0.1) is 0 Å². The van der Waals surface area contributed by atoms with Gasteiger partial charge < -0.3 is 15.0 Å². The van der Waals surface area contributed by atoms with Crippen molar-refractivity contribution in [2.24, 2.45) is 0 Å². The van der Waals surface area contributed by atoms with Crippen molar-refractivity contribution < 1.29 is 13.5 Å². The Hall–Kier alpha value is -3.80. The average molecular weight is 425 g/mol. The fraction of sp³-hybridized carbons (Fsp3) is 0.263. The van der Waals surface area contributed by atoms with Crippen LogP contribution in [-0.4, -0.2) is 61.0 Å². The summed E-state index contributed by atoms with van der Waals surface area (Å²) in [6, 6.07) is 8.20. The lowest BCUT2D eigenvalue weighted by atomic mass is 10.3. The van der Waals surface area contributed by atoms with E-state index >= 15 is 0 Å². The molecule has 1 N–H and O–H groups in total. The third kappa shape index (κ3) is 3.84. The summed E-state index contributed by atoms with van der Waals surface area (Å²) in [6.07, 6.45) is 0.335. The monoisotopic (exact) mass is 425 g/mol. The third-order valence-corrected chi connectivity index (χ3v) is 4.73. The summed E-state index contributed by atoms with van der Waals surface area (Å²) < 4.78 is 34.4. The van der Waals surface area contributed by atoms with Gasteiger partial charge in [0.1, 0.15) is 5.65 Å². The van der Waals surface area contributed by atoms with Gasteiger partial charge in [-0.25, -0.2) is 13.8 Å². The minimum Gasteiger partial charge on any atom is -0.378 e. The molecule has 31 heavy (non-hydrogen) atoms. The normalized spacial score (nSPS) is 14.4. The number of nitrogens with zero attached hydrogens (tertiary/aromatic N) is 8. The molecular formula is C19H17F2N9O. The molecule has 0 spiro atoms. The lowest BCUT2D eigenvalue weighted by Gasteiger charge is -2.27. The first kappa shape index (κ1) is 19.2. The number of ether oxygens (including phenoxy) is 1. The van der Waals surface area contributed by atoms with Crippen molar-refractivity contribution in [2.45, 2.75) is 6.43 Å². The molecule has 0 unspecified atom stereocenters. The van der Waals surface area contributed by atoms with E-state index in [4.69, 9.17) is 4.74 Å². The maximum atomic E-state index is 13.9. The first-order chi connectivity index (χ1) is 15.2. The van der Waals surface area contributed by atoms with Gasteiger partial charge in [-0.1, -0.05) is 0 Å². The maximum Gasteiger partial charge on any atom is 0.278 e. The molecule has 0 aromatic carbocycles. The fourth-order valence-corrected chi connectivity index (χ4v) is 3.32. The van der Waals surface area contributed by atoms with Gasteiger partial charge in [0.05, 0.1) is 18.9 Å². The Morgan fingerprint density at radius 3 is 2.58 bits per heavy atom. The van der Waals surface area contributed by atoms with Crippen LogP contribution in [-0.2, 0) is 4.74 Å². The van der Waals surface area contributed by atoms with Crippen LogP contribution in [0.15, 0.2) is 42.7 Å². The quantitative estimate of drug-likeness (QED) is 0.516. The first-order valence-corrected chi connectivity index (χ1v) is 9.57. The van der Waals surface area contributed by atoms with Gasteiger partial charge in [-0.3, -0.25) is 4.57 Å². The zero-order chi connectivity index (χ0) is 21.2. The van der Waals surface area contributed by atoms with E-state index in [0.29, 0.717) is 49.1 Å². The molecule has 0 bridgehead atoms. The second-order valence-corrected chi connectivity index (χ2v) is 6.71.